The van der Waals surface area contributed by atoms with Gasteiger partial charge in [-0.3, -0.25) is 9.59 Å². The minimum Gasteiger partial charge on any atom is -0.380 e. The van der Waals surface area contributed by atoms with E-state index in [1.807, 2.05) is 35.7 Å². The topological polar surface area (TPSA) is 89.9 Å². The summed E-state index contributed by atoms with van der Waals surface area (Å²) in [6.45, 7) is 0.543. The molecule has 0 aliphatic carbocycles. The summed E-state index contributed by atoms with van der Waals surface area (Å²) in [6.07, 6.45) is -1.78. The third-order valence-corrected chi connectivity index (χ3v) is 7.46. The SMILES string of the molecule is O=C(NCc1cc(Cc2ccccc2Cl)cs1)[C@H](O)[C@@H](O)C(=O)N1CCCC1c1ccc(F)cc1. The van der Waals surface area contributed by atoms with Crippen LogP contribution >= 0.6 is 22.9 Å². The first-order valence-corrected chi connectivity index (χ1v) is 12.6. The molecule has 1 saturated heterocycles. The number of benzene rings is 2. The first-order valence-electron chi connectivity index (χ1n) is 11.3. The number of thiophene rings is 1. The normalized spacial score (nSPS) is 17.3. The first kappa shape index (κ1) is 25.3. The molecule has 0 radical (unpaired) electrons. The van der Waals surface area contributed by atoms with Gasteiger partial charge in [0, 0.05) is 16.4 Å². The van der Waals surface area contributed by atoms with Gasteiger partial charge in [-0.05, 0) is 65.6 Å². The molecule has 1 aliphatic rings. The highest BCUT2D eigenvalue weighted by atomic mass is 35.5. The predicted molar refractivity (Wildman–Crippen MR) is 133 cm³/mol. The Kier molecular flexibility index (Phi) is 8.18. The number of aliphatic hydroxyl groups is 2. The van der Waals surface area contributed by atoms with E-state index >= 15 is 0 Å². The molecule has 2 aromatic carbocycles. The van der Waals surface area contributed by atoms with E-state index in [1.165, 1.54) is 28.4 Å². The Morgan fingerprint density at radius 3 is 2.63 bits per heavy atom. The highest BCUT2D eigenvalue weighted by molar-refractivity contribution is 7.10. The van der Waals surface area contributed by atoms with E-state index in [9.17, 15) is 24.2 Å². The maximum absolute atomic E-state index is 13.3. The molecule has 3 atom stereocenters. The Morgan fingerprint density at radius 1 is 1.14 bits per heavy atom. The molecule has 3 aromatic rings. The van der Waals surface area contributed by atoms with Crippen LogP contribution in [-0.4, -0.2) is 45.7 Å². The molecule has 1 aromatic heterocycles. The van der Waals surface area contributed by atoms with Gasteiger partial charge in [-0.25, -0.2) is 4.39 Å². The van der Waals surface area contributed by atoms with Crippen LogP contribution in [0.5, 0.6) is 0 Å². The van der Waals surface area contributed by atoms with Crippen molar-refractivity contribution in [2.24, 2.45) is 0 Å². The second-order valence-electron chi connectivity index (χ2n) is 8.54. The van der Waals surface area contributed by atoms with Crippen molar-refractivity contribution < 1.29 is 24.2 Å². The van der Waals surface area contributed by atoms with Crippen LogP contribution in [0, 0.1) is 5.82 Å². The Labute approximate surface area is 212 Å². The Balaban J connectivity index is 1.32. The van der Waals surface area contributed by atoms with Crippen molar-refractivity contribution >= 4 is 34.8 Å². The van der Waals surface area contributed by atoms with Gasteiger partial charge >= 0.3 is 0 Å². The lowest BCUT2D eigenvalue weighted by Gasteiger charge is -2.28. The minimum absolute atomic E-state index is 0.159. The van der Waals surface area contributed by atoms with Gasteiger partial charge < -0.3 is 20.4 Å². The van der Waals surface area contributed by atoms with Gasteiger partial charge in [0.25, 0.3) is 11.8 Å². The lowest BCUT2D eigenvalue weighted by molar-refractivity contribution is -0.153. The van der Waals surface area contributed by atoms with E-state index < -0.39 is 24.0 Å². The summed E-state index contributed by atoms with van der Waals surface area (Å²) in [5.41, 5.74) is 2.79. The molecule has 3 N–H and O–H groups in total. The van der Waals surface area contributed by atoms with Crippen molar-refractivity contribution in [1.29, 1.82) is 0 Å². The van der Waals surface area contributed by atoms with E-state index in [4.69, 9.17) is 11.6 Å². The average Bonchev–Trinajstić information content (AvgIpc) is 3.53. The zero-order valence-corrected chi connectivity index (χ0v) is 20.4. The van der Waals surface area contributed by atoms with Crippen LogP contribution in [0.2, 0.25) is 5.02 Å². The van der Waals surface area contributed by atoms with Crippen molar-refractivity contribution in [1.82, 2.24) is 10.2 Å². The fourth-order valence-corrected chi connectivity index (χ4v) is 5.29. The lowest BCUT2D eigenvalue weighted by atomic mass is 10.0. The summed E-state index contributed by atoms with van der Waals surface area (Å²) in [5, 5.41) is 26.0. The van der Waals surface area contributed by atoms with Crippen LogP contribution in [-0.2, 0) is 22.6 Å². The molecule has 35 heavy (non-hydrogen) atoms. The van der Waals surface area contributed by atoms with Crippen LogP contribution in [0.25, 0.3) is 0 Å². The Morgan fingerprint density at radius 2 is 1.89 bits per heavy atom. The maximum Gasteiger partial charge on any atom is 0.255 e. The van der Waals surface area contributed by atoms with Crippen molar-refractivity contribution in [3.63, 3.8) is 0 Å². The van der Waals surface area contributed by atoms with Gasteiger partial charge in [-0.1, -0.05) is 41.9 Å². The Bertz CT molecular complexity index is 1190. The van der Waals surface area contributed by atoms with Gasteiger partial charge in [0.2, 0.25) is 0 Å². The molecule has 1 aliphatic heterocycles. The van der Waals surface area contributed by atoms with Crippen molar-refractivity contribution in [3.8, 4) is 0 Å². The van der Waals surface area contributed by atoms with Crippen LogP contribution in [0.3, 0.4) is 0 Å². The van der Waals surface area contributed by atoms with Crippen molar-refractivity contribution in [3.05, 3.63) is 92.4 Å². The summed E-state index contributed by atoms with van der Waals surface area (Å²) >= 11 is 7.68. The molecule has 0 saturated carbocycles. The van der Waals surface area contributed by atoms with Gasteiger partial charge in [-0.15, -0.1) is 11.3 Å². The fraction of sp³-hybridized carbons (Fsp3) is 0.308. The largest absolute Gasteiger partial charge is 0.380 e. The summed E-state index contributed by atoms with van der Waals surface area (Å²) in [7, 11) is 0. The van der Waals surface area contributed by atoms with Crippen LogP contribution in [0.15, 0.2) is 60.0 Å². The first-order chi connectivity index (χ1) is 16.8. The second-order valence-corrected chi connectivity index (χ2v) is 9.94. The number of carbonyl (C=O) groups is 2. The number of hydrogen-bond donors (Lipinski definition) is 3. The smallest absolute Gasteiger partial charge is 0.255 e. The highest BCUT2D eigenvalue weighted by Gasteiger charge is 2.38. The quantitative estimate of drug-likeness (QED) is 0.424. The monoisotopic (exact) mass is 516 g/mol. The minimum atomic E-state index is -1.90. The standard InChI is InChI=1S/C26H26ClFN2O4S/c27-21-5-2-1-4-18(21)12-16-13-20(35-15-16)14-29-25(33)23(31)24(32)26(34)30-11-3-6-22(30)17-7-9-19(28)10-8-17/h1-2,4-5,7-10,13,15,22-24,31-32H,3,6,11-12,14H2,(H,29,33)/t22?,23-,24-/m1/s1. The number of amides is 2. The molecule has 184 valence electrons. The highest BCUT2D eigenvalue weighted by Crippen LogP contribution is 2.32. The number of aliphatic hydroxyl groups excluding tert-OH is 2. The molecule has 0 bridgehead atoms. The van der Waals surface area contributed by atoms with E-state index in [1.54, 1.807) is 12.1 Å². The van der Waals surface area contributed by atoms with Gasteiger partial charge in [0.1, 0.15) is 5.82 Å². The van der Waals surface area contributed by atoms with E-state index in [0.717, 1.165) is 21.6 Å². The predicted octanol–water partition coefficient (Wildman–Crippen LogP) is 3.83. The summed E-state index contributed by atoms with van der Waals surface area (Å²) in [5.74, 6) is -1.93. The maximum atomic E-state index is 13.3. The van der Waals surface area contributed by atoms with Crippen molar-refractivity contribution in [2.45, 2.75) is 44.1 Å². The summed E-state index contributed by atoms with van der Waals surface area (Å²) < 4.78 is 13.3. The molecule has 2 heterocycles. The van der Waals surface area contributed by atoms with Gasteiger partial charge in [0.15, 0.2) is 12.2 Å². The molecule has 6 nitrogen and oxygen atoms in total. The third-order valence-electron chi connectivity index (χ3n) is 6.11. The van der Waals surface area contributed by atoms with Crippen molar-refractivity contribution in [2.75, 3.05) is 6.54 Å². The molecule has 1 unspecified atom stereocenters. The number of hydrogen-bond acceptors (Lipinski definition) is 5. The van der Waals surface area contributed by atoms with E-state index in [-0.39, 0.29) is 18.4 Å². The molecular weight excluding hydrogens is 491 g/mol. The average molecular weight is 517 g/mol. The number of nitrogens with one attached hydrogen (secondary N) is 1. The second kappa shape index (κ2) is 11.3. The van der Waals surface area contributed by atoms with Crippen LogP contribution in [0.1, 0.15) is 40.5 Å². The van der Waals surface area contributed by atoms with E-state index in [2.05, 4.69) is 5.32 Å². The molecule has 9 heteroatoms. The number of likely N-dealkylation sites (tertiary alicyclic amines) is 1. The number of nitrogens with zero attached hydrogens (tertiary/aromatic N) is 1. The van der Waals surface area contributed by atoms with Crippen LogP contribution < -0.4 is 5.32 Å². The number of carbonyl (C=O) groups excluding carboxylic acids is 2. The fourth-order valence-electron chi connectivity index (χ4n) is 4.26. The molecule has 2 amide bonds. The van der Waals surface area contributed by atoms with E-state index in [0.29, 0.717) is 30.8 Å². The van der Waals surface area contributed by atoms with Gasteiger partial charge in [0.05, 0.1) is 12.6 Å². The summed E-state index contributed by atoms with van der Waals surface area (Å²) in [6, 6.07) is 15.0. The van der Waals surface area contributed by atoms with Crippen LogP contribution in [0.4, 0.5) is 4.39 Å². The number of halogens is 2. The zero-order chi connectivity index (χ0) is 24.9. The Hall–Kier alpha value is -2.78. The lowest BCUT2D eigenvalue weighted by Crippen LogP contribution is -2.50. The zero-order valence-electron chi connectivity index (χ0n) is 18.9. The number of rotatable bonds is 8. The molecule has 1 fully saturated rings. The molecule has 0 spiro atoms. The molecular formula is C26H26ClFN2O4S. The summed E-state index contributed by atoms with van der Waals surface area (Å²) in [4.78, 5) is 27.6. The third kappa shape index (κ3) is 6.08. The van der Waals surface area contributed by atoms with Gasteiger partial charge in [-0.2, -0.15) is 0 Å². The molecule has 4 rings (SSSR count).